The average molecular weight is 234 g/mol. The average Bonchev–Trinajstić information content (AvgIpc) is 2.25. The molecule has 0 unspecified atom stereocenters. The largest absolute Gasteiger partial charge is 0.493 e. The summed E-state index contributed by atoms with van der Waals surface area (Å²) in [5, 5.41) is 0. The van der Waals surface area contributed by atoms with Gasteiger partial charge in [-0.25, -0.2) is 0 Å². The molecule has 0 amide bonds. The van der Waals surface area contributed by atoms with Crippen LogP contribution < -0.4 is 9.47 Å². The van der Waals surface area contributed by atoms with Crippen LogP contribution >= 0.6 is 0 Å². The molecular formula is C14H18O3. The van der Waals surface area contributed by atoms with Crippen LogP contribution in [0.2, 0.25) is 0 Å². The summed E-state index contributed by atoms with van der Waals surface area (Å²) in [5.41, 5.74) is 0.914. The Bertz CT molecular complexity index is 419. The van der Waals surface area contributed by atoms with Crippen molar-refractivity contribution in [2.45, 2.75) is 26.9 Å². The van der Waals surface area contributed by atoms with E-state index in [9.17, 15) is 4.79 Å². The Morgan fingerprint density at radius 3 is 2.53 bits per heavy atom. The quantitative estimate of drug-likeness (QED) is 0.734. The van der Waals surface area contributed by atoms with Gasteiger partial charge in [-0.15, -0.1) is 0 Å². The van der Waals surface area contributed by atoms with E-state index in [2.05, 4.69) is 0 Å². The smallest absolute Gasteiger partial charge is 0.162 e. The van der Waals surface area contributed by atoms with Crippen molar-refractivity contribution < 1.29 is 14.3 Å². The summed E-state index contributed by atoms with van der Waals surface area (Å²) in [7, 11) is 1.60. The number of rotatable bonds is 5. The summed E-state index contributed by atoms with van der Waals surface area (Å²) in [6.07, 6.45) is 3.37. The fourth-order valence-corrected chi connectivity index (χ4v) is 1.36. The Kier molecular flexibility index (Phi) is 4.76. The molecule has 1 aromatic rings. The van der Waals surface area contributed by atoms with Gasteiger partial charge in [0, 0.05) is 0 Å². The molecule has 0 N–H and O–H groups in total. The highest BCUT2D eigenvalue weighted by atomic mass is 16.5. The van der Waals surface area contributed by atoms with Crippen molar-refractivity contribution in [2.24, 2.45) is 0 Å². The number of carbonyl (C=O) groups is 1. The van der Waals surface area contributed by atoms with Crippen molar-refractivity contribution in [3.05, 3.63) is 29.8 Å². The number of methoxy groups -OCH3 is 1. The van der Waals surface area contributed by atoms with Gasteiger partial charge in [0.1, 0.15) is 0 Å². The predicted octanol–water partition coefficient (Wildman–Crippen LogP) is 3.08. The minimum absolute atomic E-state index is 0.0205. The van der Waals surface area contributed by atoms with Gasteiger partial charge in [0.05, 0.1) is 13.2 Å². The molecule has 0 heterocycles. The van der Waals surface area contributed by atoms with E-state index in [4.69, 9.17) is 9.47 Å². The van der Waals surface area contributed by atoms with Crippen molar-refractivity contribution >= 4 is 11.9 Å². The molecule has 1 aromatic carbocycles. The zero-order chi connectivity index (χ0) is 12.8. The van der Waals surface area contributed by atoms with Gasteiger partial charge in [-0.3, -0.25) is 4.79 Å². The lowest BCUT2D eigenvalue weighted by atomic mass is 10.1. The van der Waals surface area contributed by atoms with Gasteiger partial charge in [-0.2, -0.15) is 0 Å². The molecule has 17 heavy (non-hydrogen) atoms. The first-order valence-corrected chi connectivity index (χ1v) is 5.56. The lowest BCUT2D eigenvalue weighted by molar-refractivity contribution is -0.112. The third-order valence-electron chi connectivity index (χ3n) is 2.06. The van der Waals surface area contributed by atoms with Crippen LogP contribution in [0, 0.1) is 0 Å². The van der Waals surface area contributed by atoms with Crippen LogP contribution in [0.15, 0.2) is 24.3 Å². The van der Waals surface area contributed by atoms with Gasteiger partial charge >= 0.3 is 0 Å². The monoisotopic (exact) mass is 234 g/mol. The van der Waals surface area contributed by atoms with Gasteiger partial charge in [0.2, 0.25) is 0 Å². The molecule has 0 aromatic heterocycles. The molecule has 0 saturated carbocycles. The fourth-order valence-electron chi connectivity index (χ4n) is 1.36. The summed E-state index contributed by atoms with van der Waals surface area (Å²) < 4.78 is 10.9. The van der Waals surface area contributed by atoms with Gasteiger partial charge in [0.15, 0.2) is 17.3 Å². The van der Waals surface area contributed by atoms with Gasteiger partial charge in [-0.1, -0.05) is 12.1 Å². The van der Waals surface area contributed by atoms with Gasteiger partial charge in [-0.05, 0) is 44.5 Å². The highest BCUT2D eigenvalue weighted by molar-refractivity contribution is 5.91. The van der Waals surface area contributed by atoms with Crippen LogP contribution in [0.4, 0.5) is 0 Å². The fraction of sp³-hybridized carbons (Fsp3) is 0.357. The standard InChI is InChI=1S/C14H18O3/c1-10(2)17-14-9-12(6-5-11(3)15)7-8-13(14)16-4/h5-10H,1-4H3/b6-5+. The third kappa shape index (κ3) is 4.31. The molecule has 0 atom stereocenters. The highest BCUT2D eigenvalue weighted by Crippen LogP contribution is 2.29. The first-order chi connectivity index (χ1) is 8.02. The highest BCUT2D eigenvalue weighted by Gasteiger charge is 2.06. The maximum atomic E-state index is 10.9. The maximum Gasteiger partial charge on any atom is 0.162 e. The predicted molar refractivity (Wildman–Crippen MR) is 68.5 cm³/mol. The summed E-state index contributed by atoms with van der Waals surface area (Å²) >= 11 is 0. The molecule has 0 fully saturated rings. The zero-order valence-electron chi connectivity index (χ0n) is 10.7. The van der Waals surface area contributed by atoms with Crippen molar-refractivity contribution in [1.82, 2.24) is 0 Å². The maximum absolute atomic E-state index is 10.9. The summed E-state index contributed by atoms with van der Waals surface area (Å²) in [4.78, 5) is 10.9. The van der Waals surface area contributed by atoms with E-state index in [0.29, 0.717) is 11.5 Å². The first-order valence-electron chi connectivity index (χ1n) is 5.56. The number of hydrogen-bond acceptors (Lipinski definition) is 3. The second-order valence-electron chi connectivity index (χ2n) is 4.02. The molecular weight excluding hydrogens is 216 g/mol. The van der Waals surface area contributed by atoms with Crippen molar-refractivity contribution in [3.8, 4) is 11.5 Å². The SMILES string of the molecule is COc1ccc(/C=C/C(C)=O)cc1OC(C)C. The zero-order valence-corrected chi connectivity index (χ0v) is 10.7. The minimum atomic E-state index is 0.0205. The molecule has 0 spiro atoms. The Hall–Kier alpha value is -1.77. The molecule has 0 radical (unpaired) electrons. The first kappa shape index (κ1) is 13.3. The van der Waals surface area contributed by atoms with E-state index in [1.165, 1.54) is 13.0 Å². The number of benzene rings is 1. The van der Waals surface area contributed by atoms with Crippen LogP contribution in [-0.2, 0) is 4.79 Å². The number of ketones is 1. The number of ether oxygens (including phenoxy) is 2. The van der Waals surface area contributed by atoms with Crippen LogP contribution in [0.5, 0.6) is 11.5 Å². The lowest BCUT2D eigenvalue weighted by Gasteiger charge is -2.13. The van der Waals surface area contributed by atoms with E-state index < -0.39 is 0 Å². The summed E-state index contributed by atoms with van der Waals surface area (Å²) in [6.45, 7) is 5.43. The topological polar surface area (TPSA) is 35.5 Å². The summed E-state index contributed by atoms with van der Waals surface area (Å²) in [6, 6.07) is 5.57. The van der Waals surface area contributed by atoms with Gasteiger partial charge in [0.25, 0.3) is 0 Å². The van der Waals surface area contributed by atoms with Crippen molar-refractivity contribution in [1.29, 1.82) is 0 Å². The molecule has 3 heteroatoms. The van der Waals surface area contributed by atoms with Crippen LogP contribution in [-0.4, -0.2) is 19.0 Å². The van der Waals surface area contributed by atoms with Gasteiger partial charge < -0.3 is 9.47 Å². The minimum Gasteiger partial charge on any atom is -0.493 e. The molecule has 0 aliphatic carbocycles. The van der Waals surface area contributed by atoms with E-state index in [1.807, 2.05) is 32.0 Å². The van der Waals surface area contributed by atoms with E-state index in [-0.39, 0.29) is 11.9 Å². The third-order valence-corrected chi connectivity index (χ3v) is 2.06. The Balaban J connectivity index is 2.99. The van der Waals surface area contributed by atoms with Crippen LogP contribution in [0.3, 0.4) is 0 Å². The molecule has 0 bridgehead atoms. The molecule has 0 aliphatic rings. The second-order valence-corrected chi connectivity index (χ2v) is 4.02. The van der Waals surface area contributed by atoms with Crippen molar-refractivity contribution in [3.63, 3.8) is 0 Å². The Morgan fingerprint density at radius 1 is 1.29 bits per heavy atom. The van der Waals surface area contributed by atoms with E-state index in [1.54, 1.807) is 13.2 Å². The van der Waals surface area contributed by atoms with Crippen molar-refractivity contribution in [2.75, 3.05) is 7.11 Å². The van der Waals surface area contributed by atoms with Crippen LogP contribution in [0.25, 0.3) is 6.08 Å². The molecule has 0 aliphatic heterocycles. The number of allylic oxidation sites excluding steroid dienone is 1. The Morgan fingerprint density at radius 2 is 2.00 bits per heavy atom. The lowest BCUT2D eigenvalue weighted by Crippen LogP contribution is -2.06. The van der Waals surface area contributed by atoms with E-state index >= 15 is 0 Å². The second kappa shape index (κ2) is 6.09. The normalized spacial score (nSPS) is 10.9. The Labute approximate surface area is 102 Å². The molecule has 0 saturated heterocycles. The van der Waals surface area contributed by atoms with Crippen LogP contribution in [0.1, 0.15) is 26.3 Å². The number of hydrogen-bond donors (Lipinski definition) is 0. The molecule has 92 valence electrons. The number of carbonyl (C=O) groups excluding carboxylic acids is 1. The molecule has 3 nitrogen and oxygen atoms in total. The summed E-state index contributed by atoms with van der Waals surface area (Å²) in [5.74, 6) is 1.40. The molecule has 1 rings (SSSR count). The van der Waals surface area contributed by atoms with E-state index in [0.717, 1.165) is 5.56 Å².